The number of pyridine rings is 1. The van der Waals surface area contributed by atoms with Crippen molar-refractivity contribution in [1.29, 1.82) is 0 Å². The number of amides is 2. The standard InChI is InChI=1S/C33H36N4O4/c1-23-17-26(28-11-7-8-12-29(28)34-23)20-41-27-15-13-25(14-16-27)31(39)35-33(18-30(38)36-40)21-32(2,3)37(22-33)19-24-9-5-4-6-10-24/h4-17,40H,18-22H2,1-3H3,(H,35,39)(H,36,38). The number of para-hydroxylation sites is 1. The van der Waals surface area contributed by atoms with E-state index in [0.29, 0.717) is 37.4 Å². The number of aryl methyl sites for hydroxylation is 1. The van der Waals surface area contributed by atoms with E-state index in [1.165, 1.54) is 0 Å². The third-order valence-electron chi connectivity index (χ3n) is 7.78. The summed E-state index contributed by atoms with van der Waals surface area (Å²) in [5.74, 6) is -0.175. The molecule has 5 rings (SSSR count). The van der Waals surface area contributed by atoms with Gasteiger partial charge in [-0.25, -0.2) is 5.48 Å². The molecule has 2 heterocycles. The van der Waals surface area contributed by atoms with Crippen molar-refractivity contribution in [3.63, 3.8) is 0 Å². The van der Waals surface area contributed by atoms with Crippen LogP contribution in [-0.4, -0.2) is 44.5 Å². The molecule has 1 aliphatic heterocycles. The zero-order valence-corrected chi connectivity index (χ0v) is 23.7. The van der Waals surface area contributed by atoms with Gasteiger partial charge < -0.3 is 10.1 Å². The first-order valence-corrected chi connectivity index (χ1v) is 13.8. The Hall–Kier alpha value is -4.27. The third kappa shape index (κ3) is 6.56. The number of rotatable bonds is 9. The average molecular weight is 553 g/mol. The monoisotopic (exact) mass is 552 g/mol. The Morgan fingerprint density at radius 2 is 1.71 bits per heavy atom. The van der Waals surface area contributed by atoms with E-state index in [1.54, 1.807) is 29.7 Å². The molecule has 0 saturated carbocycles. The smallest absolute Gasteiger partial charge is 0.251 e. The van der Waals surface area contributed by atoms with E-state index in [2.05, 4.69) is 41.2 Å². The highest BCUT2D eigenvalue weighted by Gasteiger charge is 2.50. The number of nitrogens with zero attached hydrogens (tertiary/aromatic N) is 2. The molecule has 1 atom stereocenters. The summed E-state index contributed by atoms with van der Waals surface area (Å²) in [5, 5.41) is 13.5. The Labute approximate surface area is 240 Å². The van der Waals surface area contributed by atoms with Gasteiger partial charge in [0.15, 0.2) is 0 Å². The van der Waals surface area contributed by atoms with Crippen LogP contribution in [0.3, 0.4) is 0 Å². The fourth-order valence-electron chi connectivity index (χ4n) is 5.93. The van der Waals surface area contributed by atoms with E-state index < -0.39 is 11.4 Å². The Balaban J connectivity index is 1.29. The molecule has 1 fully saturated rings. The second-order valence-corrected chi connectivity index (χ2v) is 11.5. The lowest BCUT2D eigenvalue weighted by Gasteiger charge is -2.31. The van der Waals surface area contributed by atoms with Crippen molar-refractivity contribution in [2.24, 2.45) is 0 Å². The Morgan fingerprint density at radius 3 is 2.44 bits per heavy atom. The largest absolute Gasteiger partial charge is 0.489 e. The Bertz CT molecular complexity index is 1540. The minimum atomic E-state index is -0.850. The summed E-state index contributed by atoms with van der Waals surface area (Å²) in [6.07, 6.45) is 0.511. The van der Waals surface area contributed by atoms with Crippen molar-refractivity contribution in [1.82, 2.24) is 20.7 Å². The van der Waals surface area contributed by atoms with Crippen molar-refractivity contribution >= 4 is 22.7 Å². The Morgan fingerprint density at radius 1 is 1.00 bits per heavy atom. The van der Waals surface area contributed by atoms with E-state index in [4.69, 9.17) is 4.74 Å². The van der Waals surface area contributed by atoms with Crippen molar-refractivity contribution in [3.8, 4) is 5.75 Å². The van der Waals surface area contributed by atoms with E-state index in [9.17, 15) is 14.8 Å². The van der Waals surface area contributed by atoms with Crippen molar-refractivity contribution in [2.45, 2.75) is 57.8 Å². The van der Waals surface area contributed by atoms with Crippen molar-refractivity contribution < 1.29 is 19.5 Å². The third-order valence-corrected chi connectivity index (χ3v) is 7.78. The predicted octanol–water partition coefficient (Wildman–Crippen LogP) is 5.17. The summed E-state index contributed by atoms with van der Waals surface area (Å²) < 4.78 is 6.06. The molecule has 212 valence electrons. The molecule has 1 aliphatic rings. The summed E-state index contributed by atoms with van der Waals surface area (Å²) in [7, 11) is 0. The topological polar surface area (TPSA) is 104 Å². The number of hydrogen-bond donors (Lipinski definition) is 3. The van der Waals surface area contributed by atoms with Crippen LogP contribution in [-0.2, 0) is 17.9 Å². The van der Waals surface area contributed by atoms with Crippen molar-refractivity contribution in [2.75, 3.05) is 6.54 Å². The summed E-state index contributed by atoms with van der Waals surface area (Å²) in [6, 6.07) is 27.1. The molecule has 1 saturated heterocycles. The van der Waals surface area contributed by atoms with Crippen LogP contribution in [0.15, 0.2) is 84.9 Å². The molecule has 3 N–H and O–H groups in total. The minimum Gasteiger partial charge on any atom is -0.489 e. The normalized spacial score (nSPS) is 18.2. The highest BCUT2D eigenvalue weighted by atomic mass is 16.5. The molecule has 2 amide bonds. The first-order valence-electron chi connectivity index (χ1n) is 13.8. The maximum Gasteiger partial charge on any atom is 0.251 e. The predicted molar refractivity (Wildman–Crippen MR) is 158 cm³/mol. The molecule has 1 unspecified atom stereocenters. The van der Waals surface area contributed by atoms with Crippen LogP contribution in [0.4, 0.5) is 0 Å². The molecule has 0 spiro atoms. The van der Waals surface area contributed by atoms with Crippen LogP contribution in [0, 0.1) is 6.92 Å². The minimum absolute atomic E-state index is 0.0372. The van der Waals surface area contributed by atoms with Gasteiger partial charge in [0.25, 0.3) is 5.91 Å². The summed E-state index contributed by atoms with van der Waals surface area (Å²) >= 11 is 0. The van der Waals surface area contributed by atoms with E-state index in [-0.39, 0.29) is 17.9 Å². The van der Waals surface area contributed by atoms with Crippen LogP contribution in [0.25, 0.3) is 10.9 Å². The molecule has 1 aromatic heterocycles. The van der Waals surface area contributed by atoms with E-state index in [0.717, 1.165) is 27.7 Å². The van der Waals surface area contributed by atoms with Gasteiger partial charge in [0, 0.05) is 40.8 Å². The van der Waals surface area contributed by atoms with Crippen LogP contribution in [0.1, 0.15) is 53.9 Å². The molecule has 8 nitrogen and oxygen atoms in total. The maximum absolute atomic E-state index is 13.5. The Kier molecular flexibility index (Phi) is 8.06. The molecule has 8 heteroatoms. The van der Waals surface area contributed by atoms with E-state index >= 15 is 0 Å². The summed E-state index contributed by atoms with van der Waals surface area (Å²) in [4.78, 5) is 32.7. The van der Waals surface area contributed by atoms with Crippen LogP contribution in [0.2, 0.25) is 0 Å². The molecule has 0 radical (unpaired) electrons. The number of hydroxylamine groups is 1. The van der Waals surface area contributed by atoms with Gasteiger partial charge in [-0.15, -0.1) is 0 Å². The number of hydrogen-bond acceptors (Lipinski definition) is 6. The SMILES string of the molecule is Cc1cc(COc2ccc(C(=O)NC3(CC(=O)NO)CN(Cc4ccccc4)C(C)(C)C3)cc2)c2ccccc2n1. The maximum atomic E-state index is 13.5. The molecule has 4 aromatic rings. The molecule has 0 bridgehead atoms. The number of aromatic nitrogens is 1. The lowest BCUT2D eigenvalue weighted by molar-refractivity contribution is -0.130. The number of carbonyl (C=O) groups is 2. The molecule has 0 aliphatic carbocycles. The summed E-state index contributed by atoms with van der Waals surface area (Å²) in [5.41, 5.74) is 5.12. The van der Waals surface area contributed by atoms with Crippen LogP contribution >= 0.6 is 0 Å². The van der Waals surface area contributed by atoms with Gasteiger partial charge in [-0.3, -0.25) is 24.7 Å². The highest BCUT2D eigenvalue weighted by molar-refractivity contribution is 5.95. The zero-order valence-electron chi connectivity index (χ0n) is 23.7. The van der Waals surface area contributed by atoms with Gasteiger partial charge in [-0.2, -0.15) is 0 Å². The van der Waals surface area contributed by atoms with Gasteiger partial charge in [-0.05, 0) is 69.2 Å². The lowest BCUT2D eigenvalue weighted by Crippen LogP contribution is -2.53. The highest BCUT2D eigenvalue weighted by Crippen LogP contribution is 2.39. The first kappa shape index (κ1) is 28.3. The van der Waals surface area contributed by atoms with E-state index in [1.807, 2.05) is 55.5 Å². The molecule has 3 aromatic carbocycles. The quantitative estimate of drug-likeness (QED) is 0.196. The first-order chi connectivity index (χ1) is 19.7. The average Bonchev–Trinajstić information content (AvgIpc) is 3.20. The number of carbonyl (C=O) groups excluding carboxylic acids is 2. The summed E-state index contributed by atoms with van der Waals surface area (Å²) in [6.45, 7) is 7.72. The van der Waals surface area contributed by atoms with Gasteiger partial charge >= 0.3 is 0 Å². The number of fused-ring (bicyclic) bond motifs is 1. The number of ether oxygens (including phenoxy) is 1. The van der Waals surface area contributed by atoms with Crippen molar-refractivity contribution in [3.05, 3.63) is 107 Å². The van der Waals surface area contributed by atoms with Crippen LogP contribution < -0.4 is 15.5 Å². The number of likely N-dealkylation sites (tertiary alicyclic amines) is 1. The fraction of sp³-hybridized carbons (Fsp3) is 0.303. The molecular formula is C33H36N4O4. The number of nitrogens with one attached hydrogen (secondary N) is 2. The van der Waals surface area contributed by atoms with Crippen LogP contribution in [0.5, 0.6) is 5.75 Å². The number of benzene rings is 3. The zero-order chi connectivity index (χ0) is 29.0. The van der Waals surface area contributed by atoms with Gasteiger partial charge in [0.2, 0.25) is 5.91 Å². The van der Waals surface area contributed by atoms with Gasteiger partial charge in [-0.1, -0.05) is 48.5 Å². The second-order valence-electron chi connectivity index (χ2n) is 11.5. The molecular weight excluding hydrogens is 516 g/mol. The molecule has 41 heavy (non-hydrogen) atoms. The fourth-order valence-corrected chi connectivity index (χ4v) is 5.93. The second kappa shape index (κ2) is 11.7. The van der Waals surface area contributed by atoms with Gasteiger partial charge in [0.1, 0.15) is 12.4 Å². The lowest BCUT2D eigenvalue weighted by atomic mass is 9.86. The van der Waals surface area contributed by atoms with Gasteiger partial charge in [0.05, 0.1) is 17.5 Å².